The van der Waals surface area contributed by atoms with Crippen molar-refractivity contribution in [3.05, 3.63) is 24.0 Å². The SMILES string of the molecule is NCc1cncc(N2CCCC2)c1. The van der Waals surface area contributed by atoms with E-state index in [1.807, 2.05) is 12.4 Å². The van der Waals surface area contributed by atoms with Crippen LogP contribution in [-0.2, 0) is 6.54 Å². The van der Waals surface area contributed by atoms with Gasteiger partial charge in [0, 0.05) is 25.8 Å². The average molecular weight is 177 g/mol. The van der Waals surface area contributed by atoms with Crippen molar-refractivity contribution in [2.45, 2.75) is 19.4 Å². The van der Waals surface area contributed by atoms with Crippen LogP contribution >= 0.6 is 0 Å². The topological polar surface area (TPSA) is 42.1 Å². The Hall–Kier alpha value is -1.09. The van der Waals surface area contributed by atoms with E-state index in [0.717, 1.165) is 18.7 Å². The maximum absolute atomic E-state index is 5.56. The van der Waals surface area contributed by atoms with Crippen LogP contribution in [-0.4, -0.2) is 18.1 Å². The highest BCUT2D eigenvalue weighted by Gasteiger charge is 2.12. The molecule has 0 atom stereocenters. The third-order valence-electron chi connectivity index (χ3n) is 2.49. The average Bonchev–Trinajstić information content (AvgIpc) is 2.71. The highest BCUT2D eigenvalue weighted by atomic mass is 15.1. The van der Waals surface area contributed by atoms with E-state index in [0.29, 0.717) is 6.54 Å². The zero-order valence-electron chi connectivity index (χ0n) is 7.74. The molecule has 1 fully saturated rings. The summed E-state index contributed by atoms with van der Waals surface area (Å²) in [7, 11) is 0. The van der Waals surface area contributed by atoms with E-state index in [9.17, 15) is 0 Å². The van der Waals surface area contributed by atoms with Crippen molar-refractivity contribution >= 4 is 5.69 Å². The molecule has 2 rings (SSSR count). The van der Waals surface area contributed by atoms with E-state index in [1.54, 1.807) is 0 Å². The normalized spacial score (nSPS) is 16.5. The summed E-state index contributed by atoms with van der Waals surface area (Å²) in [5, 5.41) is 0. The van der Waals surface area contributed by atoms with Gasteiger partial charge < -0.3 is 10.6 Å². The van der Waals surface area contributed by atoms with Gasteiger partial charge in [0.2, 0.25) is 0 Å². The van der Waals surface area contributed by atoms with E-state index in [-0.39, 0.29) is 0 Å². The molecule has 0 amide bonds. The summed E-state index contributed by atoms with van der Waals surface area (Å²) in [6.45, 7) is 2.90. The fourth-order valence-corrected chi connectivity index (χ4v) is 1.73. The van der Waals surface area contributed by atoms with Gasteiger partial charge >= 0.3 is 0 Å². The Labute approximate surface area is 78.6 Å². The summed E-state index contributed by atoms with van der Waals surface area (Å²) in [6, 6.07) is 2.14. The van der Waals surface area contributed by atoms with Crippen LogP contribution in [0.15, 0.2) is 18.5 Å². The van der Waals surface area contributed by atoms with Gasteiger partial charge in [-0.25, -0.2) is 0 Å². The van der Waals surface area contributed by atoms with Crippen molar-refractivity contribution in [3.63, 3.8) is 0 Å². The van der Waals surface area contributed by atoms with Gasteiger partial charge in [0.25, 0.3) is 0 Å². The summed E-state index contributed by atoms with van der Waals surface area (Å²) in [6.07, 6.45) is 6.35. The molecule has 1 aromatic rings. The lowest BCUT2D eigenvalue weighted by molar-refractivity contribution is 0.949. The molecule has 0 saturated carbocycles. The summed E-state index contributed by atoms with van der Waals surface area (Å²) >= 11 is 0. The quantitative estimate of drug-likeness (QED) is 0.736. The predicted octanol–water partition coefficient (Wildman–Crippen LogP) is 1.14. The molecule has 1 aliphatic rings. The number of anilines is 1. The Morgan fingerprint density at radius 3 is 2.77 bits per heavy atom. The van der Waals surface area contributed by atoms with Crippen LogP contribution < -0.4 is 10.6 Å². The van der Waals surface area contributed by atoms with Gasteiger partial charge in [0.05, 0.1) is 11.9 Å². The number of nitrogens with zero attached hydrogens (tertiary/aromatic N) is 2. The smallest absolute Gasteiger partial charge is 0.0555 e. The van der Waals surface area contributed by atoms with Crippen LogP contribution in [0.4, 0.5) is 5.69 Å². The molecular formula is C10H15N3. The van der Waals surface area contributed by atoms with Crippen molar-refractivity contribution in [1.29, 1.82) is 0 Å². The van der Waals surface area contributed by atoms with E-state index in [1.165, 1.54) is 18.5 Å². The van der Waals surface area contributed by atoms with Gasteiger partial charge in [0.1, 0.15) is 0 Å². The minimum Gasteiger partial charge on any atom is -0.370 e. The fraction of sp³-hybridized carbons (Fsp3) is 0.500. The number of nitrogens with two attached hydrogens (primary N) is 1. The van der Waals surface area contributed by atoms with Crippen molar-refractivity contribution in [2.75, 3.05) is 18.0 Å². The highest BCUT2D eigenvalue weighted by molar-refractivity contribution is 5.46. The minimum absolute atomic E-state index is 0.578. The van der Waals surface area contributed by atoms with Crippen molar-refractivity contribution < 1.29 is 0 Å². The number of rotatable bonds is 2. The first kappa shape index (κ1) is 8.51. The molecule has 1 aromatic heterocycles. The second-order valence-corrected chi connectivity index (χ2v) is 3.45. The van der Waals surface area contributed by atoms with Gasteiger partial charge in [-0.15, -0.1) is 0 Å². The monoisotopic (exact) mass is 177 g/mol. The lowest BCUT2D eigenvalue weighted by Gasteiger charge is -2.17. The van der Waals surface area contributed by atoms with Crippen LogP contribution in [0.2, 0.25) is 0 Å². The van der Waals surface area contributed by atoms with E-state index >= 15 is 0 Å². The zero-order chi connectivity index (χ0) is 9.10. The molecule has 0 radical (unpaired) electrons. The summed E-state index contributed by atoms with van der Waals surface area (Å²) < 4.78 is 0. The first-order chi connectivity index (χ1) is 6.40. The summed E-state index contributed by atoms with van der Waals surface area (Å²) in [5.74, 6) is 0. The van der Waals surface area contributed by atoms with E-state index < -0.39 is 0 Å². The molecule has 13 heavy (non-hydrogen) atoms. The molecule has 0 spiro atoms. The van der Waals surface area contributed by atoms with Gasteiger partial charge in [-0.3, -0.25) is 4.98 Å². The lowest BCUT2D eigenvalue weighted by Crippen LogP contribution is -2.18. The maximum Gasteiger partial charge on any atom is 0.0555 e. The van der Waals surface area contributed by atoms with Gasteiger partial charge in [0.15, 0.2) is 0 Å². The lowest BCUT2D eigenvalue weighted by atomic mass is 10.2. The summed E-state index contributed by atoms with van der Waals surface area (Å²) in [5.41, 5.74) is 7.90. The third-order valence-corrected chi connectivity index (χ3v) is 2.49. The van der Waals surface area contributed by atoms with Crippen molar-refractivity contribution in [1.82, 2.24) is 4.98 Å². The molecule has 2 N–H and O–H groups in total. The number of aromatic nitrogens is 1. The Kier molecular flexibility index (Phi) is 2.45. The molecule has 0 unspecified atom stereocenters. The Morgan fingerprint density at radius 2 is 2.08 bits per heavy atom. The van der Waals surface area contributed by atoms with E-state index in [2.05, 4.69) is 16.0 Å². The number of pyridine rings is 1. The fourth-order valence-electron chi connectivity index (χ4n) is 1.73. The zero-order valence-corrected chi connectivity index (χ0v) is 7.74. The van der Waals surface area contributed by atoms with Crippen molar-refractivity contribution in [2.24, 2.45) is 5.73 Å². The molecule has 0 aliphatic carbocycles. The molecule has 70 valence electrons. The second-order valence-electron chi connectivity index (χ2n) is 3.45. The standard InChI is InChI=1S/C10H15N3/c11-6-9-5-10(8-12-7-9)13-3-1-2-4-13/h5,7-8H,1-4,6,11H2. The minimum atomic E-state index is 0.578. The first-order valence-corrected chi connectivity index (χ1v) is 4.79. The molecule has 2 heterocycles. The highest BCUT2D eigenvalue weighted by Crippen LogP contribution is 2.19. The van der Waals surface area contributed by atoms with E-state index in [4.69, 9.17) is 5.73 Å². The van der Waals surface area contributed by atoms with Crippen LogP contribution in [0.5, 0.6) is 0 Å². The third kappa shape index (κ3) is 1.80. The molecule has 3 heteroatoms. The van der Waals surface area contributed by atoms with Gasteiger partial charge in [-0.05, 0) is 24.5 Å². The molecule has 3 nitrogen and oxygen atoms in total. The molecule has 0 aromatic carbocycles. The predicted molar refractivity (Wildman–Crippen MR) is 53.6 cm³/mol. The van der Waals surface area contributed by atoms with Crippen LogP contribution in [0, 0.1) is 0 Å². The second kappa shape index (κ2) is 3.75. The molecule has 0 bridgehead atoms. The van der Waals surface area contributed by atoms with Crippen molar-refractivity contribution in [3.8, 4) is 0 Å². The van der Waals surface area contributed by atoms with Crippen LogP contribution in [0.1, 0.15) is 18.4 Å². The molecular weight excluding hydrogens is 162 g/mol. The first-order valence-electron chi connectivity index (χ1n) is 4.79. The summed E-state index contributed by atoms with van der Waals surface area (Å²) in [4.78, 5) is 6.55. The number of hydrogen-bond acceptors (Lipinski definition) is 3. The number of hydrogen-bond donors (Lipinski definition) is 1. The maximum atomic E-state index is 5.56. The molecule has 1 aliphatic heterocycles. The van der Waals surface area contributed by atoms with Crippen LogP contribution in [0.3, 0.4) is 0 Å². The largest absolute Gasteiger partial charge is 0.370 e. The van der Waals surface area contributed by atoms with Crippen LogP contribution in [0.25, 0.3) is 0 Å². The van der Waals surface area contributed by atoms with Gasteiger partial charge in [-0.2, -0.15) is 0 Å². The Bertz CT molecular complexity index is 279. The molecule has 1 saturated heterocycles. The van der Waals surface area contributed by atoms with Gasteiger partial charge in [-0.1, -0.05) is 0 Å². The Balaban J connectivity index is 2.18. The Morgan fingerprint density at radius 1 is 1.31 bits per heavy atom.